The highest BCUT2D eigenvalue weighted by molar-refractivity contribution is 5.75. The van der Waals surface area contributed by atoms with Crippen LogP contribution in [0.5, 0.6) is 0 Å². The minimum Gasteiger partial charge on any atom is -0.469 e. The highest BCUT2D eigenvalue weighted by Crippen LogP contribution is 2.43. The molecule has 1 aromatic rings. The molecule has 2 aliphatic rings. The Morgan fingerprint density at radius 2 is 1.90 bits per heavy atom. The maximum atomic E-state index is 13.1. The Morgan fingerprint density at radius 1 is 1.19 bits per heavy atom. The van der Waals surface area contributed by atoms with Gasteiger partial charge in [-0.1, -0.05) is 12.1 Å². The lowest BCUT2D eigenvalue weighted by molar-refractivity contribution is -0.148. The molecule has 2 heterocycles. The summed E-state index contributed by atoms with van der Waals surface area (Å²) in [6.45, 7) is 0. The first-order valence-electron chi connectivity index (χ1n) is 7.26. The number of piperidine rings is 1. The van der Waals surface area contributed by atoms with Crippen molar-refractivity contribution in [1.82, 2.24) is 5.32 Å². The number of ether oxygens (including phenoxy) is 2. The van der Waals surface area contributed by atoms with Crippen LogP contribution in [-0.2, 0) is 14.3 Å². The summed E-state index contributed by atoms with van der Waals surface area (Å²) in [5, 5.41) is 3.47. The molecule has 21 heavy (non-hydrogen) atoms. The van der Waals surface area contributed by atoms with Gasteiger partial charge in [0.2, 0.25) is 0 Å². The van der Waals surface area contributed by atoms with Crippen LogP contribution >= 0.6 is 0 Å². The molecule has 0 aliphatic carbocycles. The zero-order valence-corrected chi connectivity index (χ0v) is 12.2. The monoisotopic (exact) mass is 293 g/mol. The molecule has 0 saturated carbocycles. The predicted molar refractivity (Wildman–Crippen MR) is 75.4 cm³/mol. The van der Waals surface area contributed by atoms with E-state index in [9.17, 15) is 9.18 Å². The average molecular weight is 293 g/mol. The Morgan fingerprint density at radius 3 is 2.52 bits per heavy atom. The first-order valence-corrected chi connectivity index (χ1v) is 7.26. The molecule has 0 spiro atoms. The Hall–Kier alpha value is -1.46. The molecule has 2 aliphatic heterocycles. The van der Waals surface area contributed by atoms with E-state index >= 15 is 0 Å². The van der Waals surface area contributed by atoms with Crippen molar-refractivity contribution in [2.75, 3.05) is 14.2 Å². The summed E-state index contributed by atoms with van der Waals surface area (Å²) < 4.78 is 23.6. The van der Waals surface area contributed by atoms with Gasteiger partial charge in [-0.2, -0.15) is 0 Å². The highest BCUT2D eigenvalue weighted by Gasteiger charge is 2.50. The summed E-state index contributed by atoms with van der Waals surface area (Å²) in [5.41, 5.74) is 0.986. The SMILES string of the molecule is COC(=O)C1C2CC(OC)C(CC1c1ccc(F)cc1)N2. The van der Waals surface area contributed by atoms with Crippen LogP contribution in [0.3, 0.4) is 0 Å². The van der Waals surface area contributed by atoms with Gasteiger partial charge in [0.15, 0.2) is 0 Å². The summed E-state index contributed by atoms with van der Waals surface area (Å²) in [7, 11) is 3.12. The second-order valence-corrected chi connectivity index (χ2v) is 5.83. The number of fused-ring (bicyclic) bond motifs is 2. The van der Waals surface area contributed by atoms with Gasteiger partial charge in [-0.25, -0.2) is 4.39 Å². The maximum absolute atomic E-state index is 13.1. The van der Waals surface area contributed by atoms with Crippen molar-refractivity contribution in [2.24, 2.45) is 5.92 Å². The van der Waals surface area contributed by atoms with Crippen LogP contribution in [0, 0.1) is 11.7 Å². The first kappa shape index (κ1) is 14.5. The van der Waals surface area contributed by atoms with Gasteiger partial charge >= 0.3 is 5.97 Å². The number of rotatable bonds is 3. The second kappa shape index (κ2) is 5.73. The molecule has 5 heteroatoms. The van der Waals surface area contributed by atoms with E-state index in [1.807, 2.05) is 0 Å². The van der Waals surface area contributed by atoms with Crippen LogP contribution in [0.15, 0.2) is 24.3 Å². The van der Waals surface area contributed by atoms with Crippen molar-refractivity contribution < 1.29 is 18.7 Å². The lowest BCUT2D eigenvalue weighted by atomic mass is 9.77. The molecule has 2 fully saturated rings. The van der Waals surface area contributed by atoms with Crippen molar-refractivity contribution in [3.05, 3.63) is 35.6 Å². The topological polar surface area (TPSA) is 47.6 Å². The largest absolute Gasteiger partial charge is 0.469 e. The summed E-state index contributed by atoms with van der Waals surface area (Å²) >= 11 is 0. The van der Waals surface area contributed by atoms with E-state index in [1.165, 1.54) is 19.2 Å². The van der Waals surface area contributed by atoms with Crippen LogP contribution in [0.25, 0.3) is 0 Å². The van der Waals surface area contributed by atoms with Gasteiger partial charge in [-0.15, -0.1) is 0 Å². The van der Waals surface area contributed by atoms with Crippen LogP contribution in [0.2, 0.25) is 0 Å². The Balaban J connectivity index is 1.92. The second-order valence-electron chi connectivity index (χ2n) is 5.83. The molecule has 5 unspecified atom stereocenters. The fourth-order valence-electron chi connectivity index (χ4n) is 3.81. The number of methoxy groups -OCH3 is 2. The van der Waals surface area contributed by atoms with Crippen LogP contribution in [0.1, 0.15) is 24.3 Å². The van der Waals surface area contributed by atoms with Crippen molar-refractivity contribution in [1.29, 1.82) is 0 Å². The third-order valence-electron chi connectivity index (χ3n) is 4.81. The van der Waals surface area contributed by atoms with Crippen molar-refractivity contribution in [2.45, 2.75) is 36.9 Å². The molecule has 114 valence electrons. The van der Waals surface area contributed by atoms with Crippen LogP contribution < -0.4 is 5.32 Å². The molecule has 0 aromatic heterocycles. The summed E-state index contributed by atoms with van der Waals surface area (Å²) in [6.07, 6.45) is 1.71. The fourth-order valence-corrected chi connectivity index (χ4v) is 3.81. The Bertz CT molecular complexity index is 519. The van der Waals surface area contributed by atoms with E-state index in [-0.39, 0.29) is 41.8 Å². The summed E-state index contributed by atoms with van der Waals surface area (Å²) in [6, 6.07) is 6.71. The third-order valence-corrected chi connectivity index (χ3v) is 4.81. The molecule has 4 nitrogen and oxygen atoms in total. The summed E-state index contributed by atoms with van der Waals surface area (Å²) in [5.74, 6) is -0.691. The lowest BCUT2D eigenvalue weighted by Gasteiger charge is -2.36. The van der Waals surface area contributed by atoms with E-state index in [1.54, 1.807) is 19.2 Å². The number of halogens is 1. The molecule has 5 atom stereocenters. The van der Waals surface area contributed by atoms with Crippen LogP contribution in [0.4, 0.5) is 4.39 Å². The number of hydrogen-bond acceptors (Lipinski definition) is 4. The van der Waals surface area contributed by atoms with Gasteiger partial charge in [0.25, 0.3) is 0 Å². The number of esters is 1. The minimum atomic E-state index is -0.264. The number of hydrogen-bond donors (Lipinski definition) is 1. The lowest BCUT2D eigenvalue weighted by Crippen LogP contribution is -2.49. The standard InChI is InChI=1S/C16H20FNO3/c1-20-14-8-13-15(16(19)21-2)11(7-12(14)18-13)9-3-5-10(17)6-4-9/h3-6,11-15,18H,7-8H2,1-2H3. The van der Waals surface area contributed by atoms with Gasteiger partial charge in [0.1, 0.15) is 5.82 Å². The predicted octanol–water partition coefficient (Wildman–Crippen LogP) is 1.85. The number of carbonyl (C=O) groups is 1. The van der Waals surface area contributed by atoms with Gasteiger partial charge < -0.3 is 14.8 Å². The van der Waals surface area contributed by atoms with E-state index in [0.717, 1.165) is 18.4 Å². The van der Waals surface area contributed by atoms with Gasteiger partial charge in [0, 0.05) is 25.1 Å². The van der Waals surface area contributed by atoms with Gasteiger partial charge in [-0.3, -0.25) is 4.79 Å². The Kier molecular flexibility index (Phi) is 3.95. The molecular weight excluding hydrogens is 273 g/mol. The van der Waals surface area contributed by atoms with E-state index in [0.29, 0.717) is 0 Å². The number of nitrogens with one attached hydrogen (secondary N) is 1. The van der Waals surface area contributed by atoms with Crippen molar-refractivity contribution >= 4 is 5.97 Å². The zero-order valence-electron chi connectivity index (χ0n) is 12.2. The number of carbonyl (C=O) groups excluding carboxylic acids is 1. The molecule has 2 saturated heterocycles. The molecule has 3 rings (SSSR count). The molecule has 0 amide bonds. The quantitative estimate of drug-likeness (QED) is 0.864. The average Bonchev–Trinajstić information content (AvgIpc) is 2.83. The van der Waals surface area contributed by atoms with Crippen LogP contribution in [-0.4, -0.2) is 38.4 Å². The highest BCUT2D eigenvalue weighted by atomic mass is 19.1. The normalized spacial score (nSPS) is 34.7. The van der Waals surface area contributed by atoms with E-state index in [2.05, 4.69) is 5.32 Å². The third kappa shape index (κ3) is 2.56. The zero-order chi connectivity index (χ0) is 15.0. The Labute approximate surface area is 123 Å². The smallest absolute Gasteiger partial charge is 0.310 e. The molecule has 1 N–H and O–H groups in total. The van der Waals surface area contributed by atoms with E-state index < -0.39 is 0 Å². The molecule has 1 aromatic carbocycles. The minimum absolute atomic E-state index is 0.0365. The van der Waals surface area contributed by atoms with Crippen molar-refractivity contribution in [3.63, 3.8) is 0 Å². The fraction of sp³-hybridized carbons (Fsp3) is 0.562. The van der Waals surface area contributed by atoms with Crippen molar-refractivity contribution in [3.8, 4) is 0 Å². The van der Waals surface area contributed by atoms with Gasteiger partial charge in [0.05, 0.1) is 19.1 Å². The van der Waals surface area contributed by atoms with E-state index in [4.69, 9.17) is 9.47 Å². The molecular formula is C16H20FNO3. The number of benzene rings is 1. The maximum Gasteiger partial charge on any atom is 0.310 e. The first-order chi connectivity index (χ1) is 10.1. The molecule has 2 bridgehead atoms. The molecule has 0 radical (unpaired) electrons. The van der Waals surface area contributed by atoms with Gasteiger partial charge in [-0.05, 0) is 30.5 Å². The summed E-state index contributed by atoms with van der Waals surface area (Å²) in [4.78, 5) is 12.2.